The lowest BCUT2D eigenvalue weighted by atomic mass is 9.99. The molecule has 2 rings (SSSR count). The molecule has 0 aromatic heterocycles. The number of likely N-dealkylation sites (tertiary alicyclic amines) is 1. The maximum absolute atomic E-state index is 10.7. The van der Waals surface area contributed by atoms with Gasteiger partial charge in [-0.3, -0.25) is 20.0 Å². The minimum absolute atomic E-state index is 0. The Morgan fingerprint density at radius 2 is 1.90 bits per heavy atom. The van der Waals surface area contributed by atoms with E-state index in [1.165, 1.54) is 43.5 Å². The van der Waals surface area contributed by atoms with E-state index >= 15 is 0 Å². The maximum atomic E-state index is 10.7. The average molecular weight is 549 g/mol. The molecule has 9 nitrogen and oxygen atoms in total. The van der Waals surface area contributed by atoms with Crippen molar-refractivity contribution >= 4 is 35.6 Å². The van der Waals surface area contributed by atoms with Gasteiger partial charge in [0.05, 0.1) is 11.5 Å². The molecule has 0 amide bonds. The summed E-state index contributed by atoms with van der Waals surface area (Å²) in [6.07, 6.45) is 3.04. The second kappa shape index (κ2) is 13.7. The second-order valence-corrected chi connectivity index (χ2v) is 8.15. The highest BCUT2D eigenvalue weighted by Gasteiger charge is 2.27. The molecular formula is C21H36IN5O4. The van der Waals surface area contributed by atoms with Crippen LogP contribution in [0.3, 0.4) is 0 Å². The molecule has 1 atom stereocenters. The molecule has 1 aromatic rings. The molecule has 1 aromatic carbocycles. The summed E-state index contributed by atoms with van der Waals surface area (Å²) in [7, 11) is 0. The van der Waals surface area contributed by atoms with Gasteiger partial charge >= 0.3 is 0 Å². The highest BCUT2D eigenvalue weighted by molar-refractivity contribution is 14.0. The highest BCUT2D eigenvalue weighted by Crippen LogP contribution is 2.21. The lowest BCUT2D eigenvalue weighted by Crippen LogP contribution is -2.50. The third-order valence-corrected chi connectivity index (χ3v) is 5.18. The molecule has 0 aliphatic carbocycles. The van der Waals surface area contributed by atoms with E-state index in [1.54, 1.807) is 0 Å². The van der Waals surface area contributed by atoms with Crippen LogP contribution in [-0.2, 0) is 0 Å². The minimum Gasteiger partial charge on any atom is -0.491 e. The molecule has 1 saturated heterocycles. The molecule has 0 bridgehead atoms. The van der Waals surface area contributed by atoms with Crippen LogP contribution in [0.4, 0.5) is 5.69 Å². The number of nitrogens with one attached hydrogen (secondary N) is 2. The fraction of sp³-hybridized carbons (Fsp3) is 0.667. The Morgan fingerprint density at radius 3 is 2.48 bits per heavy atom. The van der Waals surface area contributed by atoms with Gasteiger partial charge in [0.15, 0.2) is 5.96 Å². The van der Waals surface area contributed by atoms with Crippen LogP contribution < -0.4 is 15.4 Å². The van der Waals surface area contributed by atoms with E-state index in [9.17, 15) is 15.2 Å². The zero-order valence-corrected chi connectivity index (χ0v) is 21.0. The number of piperidine rings is 1. The number of benzene rings is 1. The molecule has 1 unspecified atom stereocenters. The van der Waals surface area contributed by atoms with E-state index in [0.717, 1.165) is 19.6 Å². The summed E-state index contributed by atoms with van der Waals surface area (Å²) < 4.78 is 5.51. The van der Waals surface area contributed by atoms with Gasteiger partial charge in [-0.25, -0.2) is 0 Å². The van der Waals surface area contributed by atoms with Crippen LogP contribution in [0.1, 0.15) is 40.0 Å². The van der Waals surface area contributed by atoms with Crippen LogP contribution in [0, 0.1) is 10.1 Å². The van der Waals surface area contributed by atoms with Crippen molar-refractivity contribution in [3.8, 4) is 5.75 Å². The van der Waals surface area contributed by atoms with Gasteiger partial charge in [0, 0.05) is 30.8 Å². The van der Waals surface area contributed by atoms with Crippen molar-refractivity contribution in [1.82, 2.24) is 15.5 Å². The Balaban J connectivity index is 0.00000480. The molecule has 0 spiro atoms. The van der Waals surface area contributed by atoms with Crippen molar-refractivity contribution in [2.24, 2.45) is 4.99 Å². The van der Waals surface area contributed by atoms with Gasteiger partial charge in [0.1, 0.15) is 18.5 Å². The Bertz CT molecular complexity index is 694. The zero-order valence-electron chi connectivity index (χ0n) is 18.7. The third-order valence-electron chi connectivity index (χ3n) is 5.18. The van der Waals surface area contributed by atoms with Crippen LogP contribution in [0.5, 0.6) is 5.75 Å². The summed E-state index contributed by atoms with van der Waals surface area (Å²) in [6, 6.07) is 5.79. The summed E-state index contributed by atoms with van der Waals surface area (Å²) >= 11 is 0. The van der Waals surface area contributed by atoms with Gasteiger partial charge in [-0.2, -0.15) is 0 Å². The number of ether oxygens (including phenoxy) is 1. The fourth-order valence-corrected chi connectivity index (χ4v) is 3.34. The number of nitro groups is 1. The fourth-order valence-electron chi connectivity index (χ4n) is 3.34. The summed E-state index contributed by atoms with van der Waals surface area (Å²) in [4.78, 5) is 17.4. The van der Waals surface area contributed by atoms with Gasteiger partial charge in [-0.1, -0.05) is 6.42 Å². The Hall–Kier alpha value is -1.66. The molecule has 1 heterocycles. The van der Waals surface area contributed by atoms with Crippen LogP contribution >= 0.6 is 24.0 Å². The number of aliphatic imine (C=N–C) groups is 1. The van der Waals surface area contributed by atoms with Crippen molar-refractivity contribution in [3.05, 3.63) is 34.4 Å². The number of aliphatic hydroxyl groups excluding tert-OH is 1. The Kier molecular flexibility index (Phi) is 12.1. The molecular weight excluding hydrogens is 513 g/mol. The number of hydrogen-bond acceptors (Lipinski definition) is 6. The molecule has 1 aliphatic heterocycles. The maximum Gasteiger partial charge on any atom is 0.269 e. The molecule has 10 heteroatoms. The average Bonchev–Trinajstić information content (AvgIpc) is 2.75. The highest BCUT2D eigenvalue weighted by atomic mass is 127. The number of aliphatic hydroxyl groups is 1. The lowest BCUT2D eigenvalue weighted by Gasteiger charge is -2.40. The van der Waals surface area contributed by atoms with Crippen molar-refractivity contribution < 1.29 is 14.8 Å². The smallest absolute Gasteiger partial charge is 0.269 e. The number of halogens is 1. The van der Waals surface area contributed by atoms with Gasteiger partial charge in [0.2, 0.25) is 0 Å². The summed E-state index contributed by atoms with van der Waals surface area (Å²) in [5.74, 6) is 1.14. The number of non-ortho nitro benzene ring substituents is 1. The van der Waals surface area contributed by atoms with Gasteiger partial charge < -0.3 is 20.5 Å². The molecule has 176 valence electrons. The van der Waals surface area contributed by atoms with Crippen molar-refractivity contribution in [2.75, 3.05) is 39.3 Å². The van der Waals surface area contributed by atoms with Crippen molar-refractivity contribution in [2.45, 2.75) is 51.7 Å². The normalized spacial score (nSPS) is 16.2. The minimum atomic E-state index is -0.751. The second-order valence-electron chi connectivity index (χ2n) is 8.15. The lowest BCUT2D eigenvalue weighted by molar-refractivity contribution is -0.384. The van der Waals surface area contributed by atoms with E-state index in [4.69, 9.17) is 9.73 Å². The van der Waals surface area contributed by atoms with Crippen LogP contribution in [0.25, 0.3) is 0 Å². The van der Waals surface area contributed by atoms with Crippen LogP contribution in [0.15, 0.2) is 29.3 Å². The number of nitrogens with zero attached hydrogens (tertiary/aromatic N) is 3. The topological polar surface area (TPSA) is 112 Å². The molecule has 0 radical (unpaired) electrons. The third kappa shape index (κ3) is 9.56. The first-order valence-electron chi connectivity index (χ1n) is 10.6. The number of nitro benzene ring substituents is 1. The first-order chi connectivity index (χ1) is 14.3. The van der Waals surface area contributed by atoms with E-state index < -0.39 is 11.0 Å². The van der Waals surface area contributed by atoms with E-state index in [1.807, 2.05) is 6.92 Å². The van der Waals surface area contributed by atoms with Crippen molar-refractivity contribution in [1.29, 1.82) is 0 Å². The number of rotatable bonds is 10. The predicted molar refractivity (Wildman–Crippen MR) is 133 cm³/mol. The molecule has 1 aliphatic rings. The first kappa shape index (κ1) is 27.4. The van der Waals surface area contributed by atoms with E-state index in [0.29, 0.717) is 18.3 Å². The first-order valence-corrected chi connectivity index (χ1v) is 10.6. The van der Waals surface area contributed by atoms with E-state index in [-0.39, 0.29) is 48.4 Å². The monoisotopic (exact) mass is 549 g/mol. The van der Waals surface area contributed by atoms with Gasteiger partial charge in [-0.05, 0) is 58.8 Å². The summed E-state index contributed by atoms with van der Waals surface area (Å²) in [5.41, 5.74) is -0.0102. The summed E-state index contributed by atoms with van der Waals surface area (Å²) in [6.45, 7) is 10.4. The standard InChI is InChI=1S/C21H35N5O4.HI/c1-4-22-20(24-16-21(2,3)25-12-6-5-7-13-25)23-14-18(27)15-30-19-10-8-17(9-11-19)26(28)29;/h8-11,18,27H,4-7,12-16H2,1-3H3,(H2,22,23,24);1H. The van der Waals surface area contributed by atoms with Gasteiger partial charge in [-0.15, -0.1) is 24.0 Å². The Labute approximate surface area is 201 Å². The quantitative estimate of drug-likeness (QED) is 0.135. The van der Waals surface area contributed by atoms with Crippen LogP contribution in [-0.4, -0.2) is 71.9 Å². The number of hydrogen-bond donors (Lipinski definition) is 3. The zero-order chi connectivity index (χ0) is 22.0. The molecule has 3 N–H and O–H groups in total. The van der Waals surface area contributed by atoms with Crippen LogP contribution in [0.2, 0.25) is 0 Å². The van der Waals surface area contributed by atoms with E-state index in [2.05, 4.69) is 29.4 Å². The molecule has 1 fully saturated rings. The Morgan fingerprint density at radius 1 is 1.26 bits per heavy atom. The molecule has 31 heavy (non-hydrogen) atoms. The largest absolute Gasteiger partial charge is 0.491 e. The number of guanidine groups is 1. The predicted octanol–water partition coefficient (Wildman–Crippen LogP) is 2.77. The molecule has 0 saturated carbocycles. The van der Waals surface area contributed by atoms with Crippen molar-refractivity contribution in [3.63, 3.8) is 0 Å². The SMILES string of the molecule is CCNC(=NCC(C)(C)N1CCCCC1)NCC(O)COc1ccc([N+](=O)[O-])cc1.I. The summed E-state index contributed by atoms with van der Waals surface area (Å²) in [5, 5.41) is 27.3. The van der Waals surface area contributed by atoms with Gasteiger partial charge in [0.25, 0.3) is 5.69 Å².